The Kier molecular flexibility index (Phi) is 3.84. The predicted octanol–water partition coefficient (Wildman–Crippen LogP) is 4.39. The second kappa shape index (κ2) is 5.14. The zero-order chi connectivity index (χ0) is 15.1. The molecule has 0 unspecified atom stereocenters. The number of pyridine rings is 1. The third kappa shape index (κ3) is 2.83. The molecule has 2 aromatic heterocycles. The van der Waals surface area contributed by atoms with E-state index in [-0.39, 0.29) is 16.5 Å². The zero-order valence-corrected chi connectivity index (χ0v) is 11.9. The molecule has 20 heavy (non-hydrogen) atoms. The Morgan fingerprint density at radius 2 is 2.05 bits per heavy atom. The summed E-state index contributed by atoms with van der Waals surface area (Å²) in [5.41, 5.74) is -0.276. The van der Waals surface area contributed by atoms with Crippen molar-refractivity contribution in [3.8, 4) is 10.7 Å². The van der Waals surface area contributed by atoms with Crippen molar-refractivity contribution in [2.75, 3.05) is 0 Å². The molecule has 0 amide bonds. The maximum Gasteiger partial charge on any atom is 0.417 e. The van der Waals surface area contributed by atoms with Crippen molar-refractivity contribution in [2.24, 2.45) is 0 Å². The lowest BCUT2D eigenvalue weighted by atomic mass is 10.2. The third-order valence-electron chi connectivity index (χ3n) is 2.49. The van der Waals surface area contributed by atoms with Gasteiger partial charge >= 0.3 is 6.18 Å². The van der Waals surface area contributed by atoms with Crippen LogP contribution in [0.3, 0.4) is 0 Å². The lowest BCUT2D eigenvalue weighted by Gasteiger charge is -2.07. The van der Waals surface area contributed by atoms with E-state index in [4.69, 9.17) is 11.6 Å². The standard InChI is InChI=1S/C12H8ClF3N2OS/c1-5-10(6(2)19)20-11(18-5)9-8(13)3-7(4-17-9)12(14,15)16/h3-4H,1-2H3. The summed E-state index contributed by atoms with van der Waals surface area (Å²) >= 11 is 6.89. The molecule has 0 aromatic carbocycles. The second-order valence-corrected chi connectivity index (χ2v) is 5.45. The van der Waals surface area contributed by atoms with E-state index >= 15 is 0 Å². The van der Waals surface area contributed by atoms with E-state index in [1.165, 1.54) is 6.92 Å². The number of rotatable bonds is 2. The van der Waals surface area contributed by atoms with Gasteiger partial charge in [0.2, 0.25) is 0 Å². The molecule has 0 N–H and O–H groups in total. The van der Waals surface area contributed by atoms with Gasteiger partial charge in [-0.25, -0.2) is 4.98 Å². The summed E-state index contributed by atoms with van der Waals surface area (Å²) in [6.45, 7) is 3.04. The normalized spacial score (nSPS) is 11.7. The minimum atomic E-state index is -4.50. The Balaban J connectivity index is 2.49. The highest BCUT2D eigenvalue weighted by atomic mass is 35.5. The predicted molar refractivity (Wildman–Crippen MR) is 70.1 cm³/mol. The van der Waals surface area contributed by atoms with E-state index in [0.29, 0.717) is 21.8 Å². The van der Waals surface area contributed by atoms with Crippen LogP contribution >= 0.6 is 22.9 Å². The van der Waals surface area contributed by atoms with Crippen molar-refractivity contribution in [2.45, 2.75) is 20.0 Å². The Morgan fingerprint density at radius 1 is 1.40 bits per heavy atom. The molecule has 0 radical (unpaired) electrons. The fourth-order valence-corrected chi connectivity index (χ4v) is 2.86. The summed E-state index contributed by atoms with van der Waals surface area (Å²) in [5.74, 6) is -0.158. The molecule has 2 rings (SSSR count). The monoisotopic (exact) mass is 320 g/mol. The smallest absolute Gasteiger partial charge is 0.294 e. The molecular weight excluding hydrogens is 313 g/mol. The first-order valence-corrected chi connectivity index (χ1v) is 6.61. The van der Waals surface area contributed by atoms with Crippen LogP contribution in [-0.2, 0) is 6.18 Å². The lowest BCUT2D eigenvalue weighted by molar-refractivity contribution is -0.137. The van der Waals surface area contributed by atoms with Crippen LogP contribution in [-0.4, -0.2) is 15.8 Å². The highest BCUT2D eigenvalue weighted by Gasteiger charge is 2.32. The summed E-state index contributed by atoms with van der Waals surface area (Å²) < 4.78 is 37.6. The van der Waals surface area contributed by atoms with Crippen molar-refractivity contribution >= 4 is 28.7 Å². The summed E-state index contributed by atoms with van der Waals surface area (Å²) in [6.07, 6.45) is -3.80. The molecule has 0 saturated heterocycles. The Hall–Kier alpha value is -1.47. The first-order chi connectivity index (χ1) is 9.20. The molecular formula is C12H8ClF3N2OS. The van der Waals surface area contributed by atoms with Crippen LogP contribution in [0.15, 0.2) is 12.3 Å². The summed E-state index contributed by atoms with van der Waals surface area (Å²) in [4.78, 5) is 19.6. The average Bonchev–Trinajstić information content (AvgIpc) is 2.69. The number of nitrogens with zero attached hydrogens (tertiary/aromatic N) is 2. The summed E-state index contributed by atoms with van der Waals surface area (Å²) in [5, 5.41) is 0.176. The van der Waals surface area contributed by atoms with Crippen molar-refractivity contribution < 1.29 is 18.0 Å². The number of hydrogen-bond acceptors (Lipinski definition) is 4. The maximum absolute atomic E-state index is 12.5. The van der Waals surface area contributed by atoms with Gasteiger partial charge in [-0.3, -0.25) is 9.78 Å². The molecule has 0 aliphatic carbocycles. The van der Waals surface area contributed by atoms with Gasteiger partial charge in [0.1, 0.15) is 10.7 Å². The van der Waals surface area contributed by atoms with Crippen LogP contribution in [0.4, 0.5) is 13.2 Å². The minimum absolute atomic E-state index is 0.139. The Labute approximate surface area is 121 Å². The Morgan fingerprint density at radius 3 is 2.50 bits per heavy atom. The molecule has 0 saturated carbocycles. The van der Waals surface area contributed by atoms with Crippen LogP contribution in [0.1, 0.15) is 27.9 Å². The van der Waals surface area contributed by atoms with Crippen LogP contribution in [0.25, 0.3) is 10.7 Å². The number of hydrogen-bond donors (Lipinski definition) is 0. The molecule has 2 heterocycles. The molecule has 106 valence electrons. The highest BCUT2D eigenvalue weighted by molar-refractivity contribution is 7.17. The van der Waals surface area contributed by atoms with Gasteiger partial charge in [-0.15, -0.1) is 11.3 Å². The molecule has 0 bridgehead atoms. The van der Waals surface area contributed by atoms with Crippen LogP contribution < -0.4 is 0 Å². The zero-order valence-electron chi connectivity index (χ0n) is 10.4. The third-order valence-corrected chi connectivity index (χ3v) is 4.04. The number of ketones is 1. The van der Waals surface area contributed by atoms with E-state index in [1.807, 2.05) is 0 Å². The number of aryl methyl sites for hydroxylation is 1. The first-order valence-electron chi connectivity index (χ1n) is 5.41. The van der Waals surface area contributed by atoms with Gasteiger partial charge in [0.15, 0.2) is 5.78 Å². The largest absolute Gasteiger partial charge is 0.417 e. The van der Waals surface area contributed by atoms with Crippen molar-refractivity contribution in [1.29, 1.82) is 0 Å². The summed E-state index contributed by atoms with van der Waals surface area (Å²) in [7, 11) is 0. The number of halogens is 4. The fourth-order valence-electron chi connectivity index (χ4n) is 1.57. The van der Waals surface area contributed by atoms with Gasteiger partial charge in [-0.05, 0) is 13.0 Å². The van der Waals surface area contributed by atoms with E-state index in [2.05, 4.69) is 9.97 Å². The van der Waals surface area contributed by atoms with Crippen molar-refractivity contribution in [1.82, 2.24) is 9.97 Å². The van der Waals surface area contributed by atoms with Crippen LogP contribution in [0, 0.1) is 6.92 Å². The van der Waals surface area contributed by atoms with Gasteiger partial charge < -0.3 is 0 Å². The van der Waals surface area contributed by atoms with Gasteiger partial charge in [0.25, 0.3) is 0 Å². The van der Waals surface area contributed by atoms with E-state index < -0.39 is 11.7 Å². The van der Waals surface area contributed by atoms with Crippen molar-refractivity contribution in [3.05, 3.63) is 33.4 Å². The SMILES string of the molecule is CC(=O)c1sc(-c2ncc(C(F)(F)F)cc2Cl)nc1C. The molecule has 0 fully saturated rings. The quantitative estimate of drug-likeness (QED) is 0.771. The van der Waals surface area contributed by atoms with E-state index in [0.717, 1.165) is 17.4 Å². The number of thiazole rings is 1. The van der Waals surface area contributed by atoms with Gasteiger partial charge in [0, 0.05) is 13.1 Å². The number of carbonyl (C=O) groups excluding carboxylic acids is 1. The minimum Gasteiger partial charge on any atom is -0.294 e. The number of Topliss-reactive ketones (excluding diaryl/α,β-unsaturated/α-hetero) is 1. The molecule has 8 heteroatoms. The Bertz CT molecular complexity index is 682. The second-order valence-electron chi connectivity index (χ2n) is 4.04. The number of carbonyl (C=O) groups is 1. The molecule has 0 atom stereocenters. The van der Waals surface area contributed by atoms with E-state index in [1.54, 1.807) is 6.92 Å². The molecule has 0 spiro atoms. The van der Waals surface area contributed by atoms with Crippen LogP contribution in [0.2, 0.25) is 5.02 Å². The number of aromatic nitrogens is 2. The van der Waals surface area contributed by atoms with Gasteiger partial charge in [-0.1, -0.05) is 11.6 Å². The topological polar surface area (TPSA) is 42.9 Å². The fraction of sp³-hybridized carbons (Fsp3) is 0.250. The average molecular weight is 321 g/mol. The summed E-state index contributed by atoms with van der Waals surface area (Å²) in [6, 6.07) is 0.800. The number of alkyl halides is 3. The molecule has 0 aliphatic heterocycles. The lowest BCUT2D eigenvalue weighted by Crippen LogP contribution is -2.05. The van der Waals surface area contributed by atoms with Gasteiger partial charge in [-0.2, -0.15) is 13.2 Å². The van der Waals surface area contributed by atoms with Gasteiger partial charge in [0.05, 0.1) is 21.2 Å². The van der Waals surface area contributed by atoms with Crippen LogP contribution in [0.5, 0.6) is 0 Å². The molecule has 2 aromatic rings. The van der Waals surface area contributed by atoms with Crippen molar-refractivity contribution in [3.63, 3.8) is 0 Å². The molecule has 0 aliphatic rings. The van der Waals surface area contributed by atoms with E-state index in [9.17, 15) is 18.0 Å². The molecule has 3 nitrogen and oxygen atoms in total. The highest BCUT2D eigenvalue weighted by Crippen LogP contribution is 2.35. The maximum atomic E-state index is 12.5. The first kappa shape index (κ1) is 14.9.